The topological polar surface area (TPSA) is 72.4 Å². The highest BCUT2D eigenvalue weighted by Crippen LogP contribution is 2.25. The molecule has 22 heavy (non-hydrogen) atoms. The molecule has 1 aliphatic heterocycles. The van der Waals surface area contributed by atoms with Crippen molar-refractivity contribution in [2.45, 2.75) is 23.2 Å². The molecule has 118 valence electrons. The first-order valence-electron chi connectivity index (χ1n) is 6.73. The van der Waals surface area contributed by atoms with Crippen LogP contribution >= 0.6 is 22.9 Å². The summed E-state index contributed by atoms with van der Waals surface area (Å²) in [5.41, 5.74) is 0. The van der Waals surface area contributed by atoms with Gasteiger partial charge < -0.3 is 4.74 Å². The van der Waals surface area contributed by atoms with Gasteiger partial charge in [0.25, 0.3) is 10.0 Å². The first kappa shape index (κ1) is 15.7. The van der Waals surface area contributed by atoms with E-state index in [1.807, 2.05) is 0 Å². The van der Waals surface area contributed by atoms with E-state index in [-0.39, 0.29) is 12.1 Å². The fraction of sp³-hybridized carbons (Fsp3) is 0.385. The van der Waals surface area contributed by atoms with Crippen LogP contribution in [0.3, 0.4) is 0 Å². The maximum Gasteiger partial charge on any atom is 0.316 e. The minimum absolute atomic E-state index is 0.213. The van der Waals surface area contributed by atoms with Gasteiger partial charge in [-0.1, -0.05) is 17.7 Å². The van der Waals surface area contributed by atoms with E-state index in [4.69, 9.17) is 16.3 Å². The minimum atomic E-state index is -3.44. The zero-order valence-electron chi connectivity index (χ0n) is 11.6. The van der Waals surface area contributed by atoms with Crippen LogP contribution in [0, 0.1) is 0 Å². The van der Waals surface area contributed by atoms with E-state index in [9.17, 15) is 8.42 Å². The van der Waals surface area contributed by atoms with E-state index < -0.39 is 10.0 Å². The molecule has 2 aromatic rings. The second kappa shape index (κ2) is 6.49. The summed E-state index contributed by atoms with van der Waals surface area (Å²) in [5, 5.41) is 2.18. The molecule has 0 radical (unpaired) electrons. The second-order valence-electron chi connectivity index (χ2n) is 4.86. The van der Waals surface area contributed by atoms with Crippen LogP contribution in [0.5, 0.6) is 6.01 Å². The van der Waals surface area contributed by atoms with Gasteiger partial charge in [-0.3, -0.25) is 0 Å². The van der Waals surface area contributed by atoms with Gasteiger partial charge in [0.05, 0.1) is 24.0 Å². The second-order valence-corrected chi connectivity index (χ2v) is 8.41. The summed E-state index contributed by atoms with van der Waals surface area (Å²) in [6, 6.07) is 3.56. The molecule has 6 nitrogen and oxygen atoms in total. The van der Waals surface area contributed by atoms with Gasteiger partial charge in [0.2, 0.25) is 0 Å². The first-order chi connectivity index (χ1) is 10.6. The van der Waals surface area contributed by atoms with Crippen LogP contribution < -0.4 is 4.74 Å². The molecule has 1 saturated heterocycles. The molecule has 3 rings (SSSR count). The third-order valence-electron chi connectivity index (χ3n) is 3.30. The molecule has 2 aromatic heterocycles. The molecule has 1 aliphatic rings. The largest absolute Gasteiger partial charge is 0.459 e. The van der Waals surface area contributed by atoms with E-state index in [0.29, 0.717) is 22.3 Å². The molecule has 1 fully saturated rings. The van der Waals surface area contributed by atoms with Crippen molar-refractivity contribution in [3.05, 3.63) is 34.9 Å². The first-order valence-corrected chi connectivity index (χ1v) is 9.43. The van der Waals surface area contributed by atoms with Crippen molar-refractivity contribution in [3.8, 4) is 6.01 Å². The Kier molecular flexibility index (Phi) is 4.62. The molecular formula is C13H14ClN3O3S2. The Morgan fingerprint density at radius 1 is 1.36 bits per heavy atom. The number of rotatable bonds is 4. The van der Waals surface area contributed by atoms with E-state index in [0.717, 1.165) is 12.8 Å². The summed E-state index contributed by atoms with van der Waals surface area (Å²) in [5.74, 6) is 0. The lowest BCUT2D eigenvalue weighted by Crippen LogP contribution is -2.44. The van der Waals surface area contributed by atoms with Crippen LogP contribution in [0.15, 0.2) is 34.1 Å². The number of thiophene rings is 1. The molecule has 0 aromatic carbocycles. The Labute approximate surface area is 137 Å². The van der Waals surface area contributed by atoms with Gasteiger partial charge in [-0.15, -0.1) is 11.3 Å². The number of sulfonamides is 1. The Hall–Kier alpha value is -1.22. The van der Waals surface area contributed by atoms with Crippen molar-refractivity contribution >= 4 is 33.0 Å². The number of aromatic nitrogens is 2. The van der Waals surface area contributed by atoms with Crippen molar-refractivity contribution in [2.24, 2.45) is 0 Å². The monoisotopic (exact) mass is 359 g/mol. The van der Waals surface area contributed by atoms with Gasteiger partial charge in [0.1, 0.15) is 10.3 Å². The summed E-state index contributed by atoms with van der Waals surface area (Å²) in [6.45, 7) is 0.799. The van der Waals surface area contributed by atoms with Crippen molar-refractivity contribution in [2.75, 3.05) is 13.1 Å². The van der Waals surface area contributed by atoms with Gasteiger partial charge in [-0.05, 0) is 24.3 Å². The Morgan fingerprint density at radius 3 is 2.82 bits per heavy atom. The van der Waals surface area contributed by atoms with Crippen LogP contribution in [-0.2, 0) is 10.0 Å². The average molecular weight is 360 g/mol. The molecule has 0 spiro atoms. The van der Waals surface area contributed by atoms with Crippen molar-refractivity contribution < 1.29 is 13.2 Å². The maximum atomic E-state index is 12.5. The smallest absolute Gasteiger partial charge is 0.316 e. The number of hydrogen-bond donors (Lipinski definition) is 0. The zero-order valence-corrected chi connectivity index (χ0v) is 13.9. The van der Waals surface area contributed by atoms with E-state index >= 15 is 0 Å². The van der Waals surface area contributed by atoms with E-state index in [1.165, 1.54) is 28.0 Å². The number of halogens is 1. The van der Waals surface area contributed by atoms with E-state index in [2.05, 4.69) is 9.97 Å². The Bertz CT molecular complexity index is 719. The third kappa shape index (κ3) is 3.40. The predicted molar refractivity (Wildman–Crippen MR) is 83.8 cm³/mol. The van der Waals surface area contributed by atoms with Gasteiger partial charge in [0.15, 0.2) is 0 Å². The summed E-state index contributed by atoms with van der Waals surface area (Å²) in [7, 11) is -3.44. The average Bonchev–Trinajstić information content (AvgIpc) is 3.05. The molecule has 1 atom stereocenters. The summed E-state index contributed by atoms with van der Waals surface area (Å²) in [4.78, 5) is 7.96. The summed E-state index contributed by atoms with van der Waals surface area (Å²) < 4.78 is 32.5. The van der Waals surface area contributed by atoms with Crippen LogP contribution in [0.25, 0.3) is 0 Å². The molecule has 0 amide bonds. The number of nitrogens with zero attached hydrogens (tertiary/aromatic N) is 3. The molecule has 1 unspecified atom stereocenters. The van der Waals surface area contributed by atoms with Crippen molar-refractivity contribution in [1.29, 1.82) is 0 Å². The molecular weight excluding hydrogens is 346 g/mol. The van der Waals surface area contributed by atoms with Crippen molar-refractivity contribution in [3.63, 3.8) is 0 Å². The standard InChI is InChI=1S/C13H14ClN3O3S2/c14-10-7-15-13(16-8-10)20-11-3-1-5-17(9-11)22(18,19)12-4-2-6-21-12/h2,4,6-8,11H,1,3,5,9H2. The Morgan fingerprint density at radius 2 is 2.14 bits per heavy atom. The van der Waals surface area contributed by atoms with Gasteiger partial charge in [0, 0.05) is 6.54 Å². The van der Waals surface area contributed by atoms with Gasteiger partial charge in [-0.25, -0.2) is 18.4 Å². The van der Waals surface area contributed by atoms with Gasteiger partial charge in [-0.2, -0.15) is 4.31 Å². The normalized spacial score (nSPS) is 20.0. The Balaban J connectivity index is 1.70. The molecule has 0 bridgehead atoms. The highest BCUT2D eigenvalue weighted by molar-refractivity contribution is 7.91. The maximum absolute atomic E-state index is 12.5. The minimum Gasteiger partial charge on any atom is -0.459 e. The third-order valence-corrected chi connectivity index (χ3v) is 6.73. The SMILES string of the molecule is O=S(=O)(c1cccs1)N1CCCC(Oc2ncc(Cl)cn2)C1. The number of hydrogen-bond acceptors (Lipinski definition) is 6. The quantitative estimate of drug-likeness (QED) is 0.838. The van der Waals surface area contributed by atoms with Crippen LogP contribution in [0.2, 0.25) is 5.02 Å². The van der Waals surface area contributed by atoms with Crippen LogP contribution in [-0.4, -0.2) is 41.9 Å². The van der Waals surface area contributed by atoms with Gasteiger partial charge >= 0.3 is 6.01 Å². The molecule has 9 heteroatoms. The highest BCUT2D eigenvalue weighted by atomic mass is 35.5. The molecule has 0 aliphatic carbocycles. The lowest BCUT2D eigenvalue weighted by molar-refractivity contribution is 0.119. The summed E-state index contributed by atoms with van der Waals surface area (Å²) in [6.07, 6.45) is 4.15. The molecule has 0 saturated carbocycles. The van der Waals surface area contributed by atoms with Crippen molar-refractivity contribution in [1.82, 2.24) is 14.3 Å². The molecule has 0 N–H and O–H groups in total. The number of ether oxygens (including phenoxy) is 1. The summed E-state index contributed by atoms with van der Waals surface area (Å²) >= 11 is 6.95. The predicted octanol–water partition coefficient (Wildman–Crippen LogP) is 2.42. The van der Waals surface area contributed by atoms with Crippen LogP contribution in [0.4, 0.5) is 0 Å². The fourth-order valence-electron chi connectivity index (χ4n) is 2.27. The lowest BCUT2D eigenvalue weighted by Gasteiger charge is -2.31. The fourth-order valence-corrected chi connectivity index (χ4v) is 5.02. The molecule has 3 heterocycles. The number of piperidine rings is 1. The van der Waals surface area contributed by atoms with Crippen LogP contribution in [0.1, 0.15) is 12.8 Å². The highest BCUT2D eigenvalue weighted by Gasteiger charge is 2.32. The lowest BCUT2D eigenvalue weighted by atomic mass is 10.1. The zero-order chi connectivity index (χ0) is 15.6. The van der Waals surface area contributed by atoms with E-state index in [1.54, 1.807) is 17.5 Å².